The molecule has 1 aliphatic rings. The summed E-state index contributed by atoms with van der Waals surface area (Å²) in [6.45, 7) is 1.63. The van der Waals surface area contributed by atoms with Gasteiger partial charge >= 0.3 is 0 Å². The van der Waals surface area contributed by atoms with E-state index in [9.17, 15) is 15.2 Å². The van der Waals surface area contributed by atoms with Gasteiger partial charge in [0.15, 0.2) is 0 Å². The van der Waals surface area contributed by atoms with Crippen LogP contribution in [0.1, 0.15) is 48.4 Å². The molecule has 1 heterocycles. The van der Waals surface area contributed by atoms with Gasteiger partial charge in [-0.3, -0.25) is 14.4 Å². The van der Waals surface area contributed by atoms with Crippen LogP contribution in [-0.2, 0) is 0 Å². The highest BCUT2D eigenvalue weighted by atomic mass is 35.5. The number of pyridine rings is 1. The van der Waals surface area contributed by atoms with E-state index in [1.54, 1.807) is 25.1 Å². The van der Waals surface area contributed by atoms with Gasteiger partial charge in [0.1, 0.15) is 11.6 Å². The third-order valence-corrected chi connectivity index (χ3v) is 5.26. The van der Waals surface area contributed by atoms with Crippen molar-refractivity contribution in [2.45, 2.75) is 38.6 Å². The zero-order valence-electron chi connectivity index (χ0n) is 14.2. The molecule has 7 heteroatoms. The highest BCUT2D eigenvalue weighted by Gasteiger charge is 2.25. The van der Waals surface area contributed by atoms with Crippen LogP contribution in [0.2, 0.25) is 10.0 Å². The number of nitrogens with zero attached hydrogens (tertiary/aromatic N) is 3. The Balaban J connectivity index is 2.14. The normalized spacial score (nSPS) is 14.8. The lowest BCUT2D eigenvalue weighted by molar-refractivity contribution is 0.368. The van der Waals surface area contributed by atoms with Gasteiger partial charge in [-0.2, -0.15) is 5.26 Å². The molecule has 0 unspecified atom stereocenters. The first-order valence-corrected chi connectivity index (χ1v) is 9.07. The molecule has 0 saturated heterocycles. The maximum absolute atomic E-state index is 12.6. The van der Waals surface area contributed by atoms with Crippen LogP contribution >= 0.6 is 23.2 Å². The number of nitriles is 1. The van der Waals surface area contributed by atoms with E-state index < -0.39 is 5.56 Å². The molecular formula is C19H17Cl2N3O2. The number of aromatic hydroxyl groups is 1. The smallest absolute Gasteiger partial charge is 0.271 e. The summed E-state index contributed by atoms with van der Waals surface area (Å²) >= 11 is 12.0. The predicted molar refractivity (Wildman–Crippen MR) is 103 cm³/mol. The second-order valence-corrected chi connectivity index (χ2v) is 7.16. The van der Waals surface area contributed by atoms with Gasteiger partial charge < -0.3 is 5.11 Å². The summed E-state index contributed by atoms with van der Waals surface area (Å²) < 4.78 is 1.34. The van der Waals surface area contributed by atoms with Gasteiger partial charge in [0.2, 0.25) is 5.88 Å². The second kappa shape index (κ2) is 7.53. The zero-order valence-corrected chi connectivity index (χ0v) is 15.7. The minimum atomic E-state index is -0.448. The van der Waals surface area contributed by atoms with Crippen LogP contribution in [0.25, 0.3) is 0 Å². The van der Waals surface area contributed by atoms with Crippen molar-refractivity contribution in [2.75, 3.05) is 0 Å². The molecule has 1 N–H and O–H groups in total. The fourth-order valence-corrected chi connectivity index (χ4v) is 3.77. The molecule has 1 saturated carbocycles. The van der Waals surface area contributed by atoms with Crippen molar-refractivity contribution in [2.24, 2.45) is 4.99 Å². The summed E-state index contributed by atoms with van der Waals surface area (Å²) in [5, 5.41) is 21.0. The maximum Gasteiger partial charge on any atom is 0.271 e. The summed E-state index contributed by atoms with van der Waals surface area (Å²) in [4.78, 5) is 17.0. The molecule has 1 fully saturated rings. The van der Waals surface area contributed by atoms with Gasteiger partial charge in [-0.15, -0.1) is 0 Å². The fraction of sp³-hybridized carbons (Fsp3) is 0.316. The number of rotatable bonds is 3. The van der Waals surface area contributed by atoms with Gasteiger partial charge in [0, 0.05) is 17.3 Å². The zero-order chi connectivity index (χ0) is 18.8. The molecular weight excluding hydrogens is 373 g/mol. The molecule has 0 spiro atoms. The molecule has 1 aromatic heterocycles. The number of aromatic nitrogens is 1. The van der Waals surface area contributed by atoms with Crippen LogP contribution in [0, 0.1) is 18.3 Å². The molecule has 0 bridgehead atoms. The second-order valence-electron chi connectivity index (χ2n) is 6.32. The van der Waals surface area contributed by atoms with Crippen molar-refractivity contribution in [3.05, 3.63) is 55.3 Å². The lowest BCUT2D eigenvalue weighted by Crippen LogP contribution is -2.28. The summed E-state index contributed by atoms with van der Waals surface area (Å²) in [6, 6.07) is 6.76. The van der Waals surface area contributed by atoms with E-state index in [1.807, 2.05) is 6.07 Å². The molecule has 0 amide bonds. The first-order valence-electron chi connectivity index (χ1n) is 8.31. The van der Waals surface area contributed by atoms with Crippen LogP contribution in [-0.4, -0.2) is 15.9 Å². The number of halogens is 2. The summed E-state index contributed by atoms with van der Waals surface area (Å²) in [7, 11) is 0. The Hall–Kier alpha value is -2.29. The Morgan fingerprint density at radius 2 is 2.04 bits per heavy atom. The average molecular weight is 390 g/mol. The van der Waals surface area contributed by atoms with Crippen molar-refractivity contribution in [3.63, 3.8) is 0 Å². The topological polar surface area (TPSA) is 78.4 Å². The van der Waals surface area contributed by atoms with Crippen molar-refractivity contribution in [1.29, 1.82) is 5.26 Å². The van der Waals surface area contributed by atoms with Gasteiger partial charge in [-0.25, -0.2) is 0 Å². The summed E-state index contributed by atoms with van der Waals surface area (Å²) in [5.41, 5.74) is 0.804. The number of benzene rings is 1. The van der Waals surface area contributed by atoms with Crippen LogP contribution in [0.15, 0.2) is 28.0 Å². The Labute approximate surface area is 161 Å². The number of hydrogen-bond donors (Lipinski definition) is 1. The molecule has 26 heavy (non-hydrogen) atoms. The van der Waals surface area contributed by atoms with E-state index in [-0.39, 0.29) is 17.5 Å². The number of aliphatic imine (C=N–C) groups is 1. The Bertz CT molecular complexity index is 984. The van der Waals surface area contributed by atoms with Gasteiger partial charge in [0.25, 0.3) is 5.56 Å². The molecule has 0 radical (unpaired) electrons. The van der Waals surface area contributed by atoms with E-state index in [0.29, 0.717) is 26.9 Å². The van der Waals surface area contributed by atoms with Crippen molar-refractivity contribution in [3.8, 4) is 11.9 Å². The van der Waals surface area contributed by atoms with Crippen LogP contribution < -0.4 is 5.56 Å². The Morgan fingerprint density at radius 1 is 1.35 bits per heavy atom. The lowest BCUT2D eigenvalue weighted by atomic mass is 10.0. The van der Waals surface area contributed by atoms with E-state index in [4.69, 9.17) is 23.2 Å². The van der Waals surface area contributed by atoms with Crippen LogP contribution in [0.4, 0.5) is 5.69 Å². The van der Waals surface area contributed by atoms with Crippen molar-refractivity contribution in [1.82, 2.24) is 4.57 Å². The fourth-order valence-electron chi connectivity index (χ4n) is 3.32. The monoisotopic (exact) mass is 389 g/mol. The molecule has 3 rings (SSSR count). The van der Waals surface area contributed by atoms with Crippen molar-refractivity contribution >= 4 is 35.1 Å². The molecule has 2 aromatic rings. The standard InChI is InChI=1S/C19H17Cl2N3O2/c1-11-14(9-22)18(25)24(13-4-2-3-5-13)19(26)15(11)10-23-17-7-6-12(20)8-16(17)21/h6-8,10,13,26H,2-5H2,1H3. The predicted octanol–water partition coefficient (Wildman–Crippen LogP) is 4.91. The maximum atomic E-state index is 12.6. The Kier molecular flexibility index (Phi) is 5.36. The quantitative estimate of drug-likeness (QED) is 0.757. The first kappa shape index (κ1) is 18.5. The molecule has 5 nitrogen and oxygen atoms in total. The van der Waals surface area contributed by atoms with E-state index in [2.05, 4.69) is 4.99 Å². The minimum Gasteiger partial charge on any atom is -0.494 e. The Morgan fingerprint density at radius 3 is 2.65 bits per heavy atom. The van der Waals surface area contributed by atoms with Gasteiger partial charge in [-0.1, -0.05) is 36.0 Å². The van der Waals surface area contributed by atoms with E-state index >= 15 is 0 Å². The van der Waals surface area contributed by atoms with Crippen LogP contribution in [0.3, 0.4) is 0 Å². The molecule has 0 aliphatic heterocycles. The molecule has 134 valence electrons. The molecule has 1 aliphatic carbocycles. The molecule has 0 atom stereocenters. The van der Waals surface area contributed by atoms with Gasteiger partial charge in [-0.05, 0) is 43.5 Å². The van der Waals surface area contributed by atoms with E-state index in [0.717, 1.165) is 25.7 Å². The largest absolute Gasteiger partial charge is 0.494 e. The summed E-state index contributed by atoms with van der Waals surface area (Å²) in [5.74, 6) is -0.160. The third kappa shape index (κ3) is 3.35. The first-order chi connectivity index (χ1) is 12.4. The van der Waals surface area contributed by atoms with Gasteiger partial charge in [0.05, 0.1) is 16.3 Å². The van der Waals surface area contributed by atoms with E-state index in [1.165, 1.54) is 10.8 Å². The number of hydrogen-bond acceptors (Lipinski definition) is 4. The lowest BCUT2D eigenvalue weighted by Gasteiger charge is -2.19. The molecule has 1 aromatic carbocycles. The highest BCUT2D eigenvalue weighted by molar-refractivity contribution is 6.36. The summed E-state index contributed by atoms with van der Waals surface area (Å²) in [6.07, 6.45) is 5.04. The minimum absolute atomic E-state index is 0.0263. The van der Waals surface area contributed by atoms with Crippen LogP contribution in [0.5, 0.6) is 5.88 Å². The third-order valence-electron chi connectivity index (χ3n) is 4.72. The van der Waals surface area contributed by atoms with Crippen molar-refractivity contribution < 1.29 is 5.11 Å². The highest BCUT2D eigenvalue weighted by Crippen LogP contribution is 2.34. The SMILES string of the molecule is Cc1c(C=Nc2ccc(Cl)cc2Cl)c(O)n(C2CCCC2)c(=O)c1C#N. The average Bonchev–Trinajstić information content (AvgIpc) is 3.11.